The molecule has 0 saturated carbocycles. The second-order valence-corrected chi connectivity index (χ2v) is 5.62. The van der Waals surface area contributed by atoms with Crippen LogP contribution < -0.4 is 5.32 Å². The standard InChI is InChI=1S/C13H25N3S/c1-6-16(7-2)9-8-14-10(3)13-11(4)15-12(5)17-13/h10,14H,6-9H2,1-5H3. The Morgan fingerprint density at radius 1 is 1.29 bits per heavy atom. The highest BCUT2D eigenvalue weighted by Crippen LogP contribution is 2.23. The molecule has 0 fully saturated rings. The average Bonchev–Trinajstić information content (AvgIpc) is 2.64. The highest BCUT2D eigenvalue weighted by Gasteiger charge is 2.12. The van der Waals surface area contributed by atoms with Gasteiger partial charge < -0.3 is 10.2 Å². The molecule has 0 radical (unpaired) electrons. The molecule has 98 valence electrons. The van der Waals surface area contributed by atoms with Gasteiger partial charge in [0.1, 0.15) is 0 Å². The average molecular weight is 255 g/mol. The van der Waals surface area contributed by atoms with E-state index in [4.69, 9.17) is 0 Å². The van der Waals surface area contributed by atoms with E-state index in [1.807, 2.05) is 0 Å². The van der Waals surface area contributed by atoms with Crippen LogP contribution in [0.15, 0.2) is 0 Å². The first kappa shape index (κ1) is 14.6. The number of nitrogens with zero attached hydrogens (tertiary/aromatic N) is 2. The van der Waals surface area contributed by atoms with Crippen LogP contribution in [0.25, 0.3) is 0 Å². The van der Waals surface area contributed by atoms with Gasteiger partial charge in [0, 0.05) is 24.0 Å². The number of hydrogen-bond donors (Lipinski definition) is 1. The van der Waals surface area contributed by atoms with Crippen molar-refractivity contribution in [2.24, 2.45) is 0 Å². The van der Waals surface area contributed by atoms with Gasteiger partial charge in [0.25, 0.3) is 0 Å². The second kappa shape index (κ2) is 7.09. The fourth-order valence-corrected chi connectivity index (χ4v) is 2.97. The predicted molar refractivity (Wildman–Crippen MR) is 75.8 cm³/mol. The molecule has 4 heteroatoms. The number of rotatable bonds is 7. The molecule has 0 saturated heterocycles. The van der Waals surface area contributed by atoms with E-state index in [9.17, 15) is 0 Å². The zero-order chi connectivity index (χ0) is 12.8. The van der Waals surface area contributed by atoms with Gasteiger partial charge in [-0.3, -0.25) is 0 Å². The lowest BCUT2D eigenvalue weighted by molar-refractivity contribution is 0.298. The molecule has 0 aliphatic rings. The van der Waals surface area contributed by atoms with Gasteiger partial charge in [0.05, 0.1) is 10.7 Å². The third kappa shape index (κ3) is 4.37. The molecule has 0 spiro atoms. The Balaban J connectivity index is 2.39. The van der Waals surface area contributed by atoms with Crippen LogP contribution in [0.2, 0.25) is 0 Å². The molecular formula is C13H25N3S. The minimum absolute atomic E-state index is 0.414. The molecule has 0 aliphatic heterocycles. The van der Waals surface area contributed by atoms with Crippen molar-refractivity contribution >= 4 is 11.3 Å². The van der Waals surface area contributed by atoms with Crippen molar-refractivity contribution in [2.45, 2.75) is 40.7 Å². The van der Waals surface area contributed by atoms with Crippen LogP contribution in [0.1, 0.15) is 42.4 Å². The molecule has 0 bridgehead atoms. The minimum atomic E-state index is 0.414. The predicted octanol–water partition coefficient (Wildman–Crippen LogP) is 2.75. The molecule has 1 aromatic heterocycles. The summed E-state index contributed by atoms with van der Waals surface area (Å²) >= 11 is 1.81. The monoisotopic (exact) mass is 255 g/mol. The van der Waals surface area contributed by atoms with Gasteiger partial charge in [0.15, 0.2) is 0 Å². The quantitative estimate of drug-likeness (QED) is 0.812. The van der Waals surface area contributed by atoms with Crippen molar-refractivity contribution in [3.63, 3.8) is 0 Å². The van der Waals surface area contributed by atoms with Gasteiger partial charge in [-0.25, -0.2) is 4.98 Å². The Morgan fingerprint density at radius 2 is 1.94 bits per heavy atom. The minimum Gasteiger partial charge on any atom is -0.308 e. The summed E-state index contributed by atoms with van der Waals surface area (Å²) in [6.07, 6.45) is 0. The van der Waals surface area contributed by atoms with Crippen LogP contribution in [0.5, 0.6) is 0 Å². The molecule has 1 heterocycles. The molecule has 0 aliphatic carbocycles. The van der Waals surface area contributed by atoms with Gasteiger partial charge in [-0.2, -0.15) is 0 Å². The summed E-state index contributed by atoms with van der Waals surface area (Å²) < 4.78 is 0. The van der Waals surface area contributed by atoms with Crippen LogP contribution in [0, 0.1) is 13.8 Å². The van der Waals surface area contributed by atoms with E-state index in [-0.39, 0.29) is 0 Å². The van der Waals surface area contributed by atoms with Crippen molar-refractivity contribution in [1.82, 2.24) is 15.2 Å². The van der Waals surface area contributed by atoms with Crippen LogP contribution in [-0.4, -0.2) is 36.1 Å². The van der Waals surface area contributed by atoms with Gasteiger partial charge >= 0.3 is 0 Å². The number of nitrogens with one attached hydrogen (secondary N) is 1. The lowest BCUT2D eigenvalue weighted by atomic mass is 10.2. The summed E-state index contributed by atoms with van der Waals surface area (Å²) in [7, 11) is 0. The van der Waals surface area contributed by atoms with Gasteiger partial charge in [0.2, 0.25) is 0 Å². The van der Waals surface area contributed by atoms with Crippen LogP contribution in [-0.2, 0) is 0 Å². The van der Waals surface area contributed by atoms with E-state index >= 15 is 0 Å². The first-order valence-electron chi connectivity index (χ1n) is 6.48. The lowest BCUT2D eigenvalue weighted by Crippen LogP contribution is -2.32. The summed E-state index contributed by atoms with van der Waals surface area (Å²) in [6.45, 7) is 15.2. The first-order valence-corrected chi connectivity index (χ1v) is 7.29. The SMILES string of the molecule is CCN(CC)CCNC(C)c1sc(C)nc1C. The fraction of sp³-hybridized carbons (Fsp3) is 0.769. The highest BCUT2D eigenvalue weighted by molar-refractivity contribution is 7.11. The Kier molecular flexibility index (Phi) is 6.09. The third-order valence-electron chi connectivity index (χ3n) is 3.11. The Hall–Kier alpha value is -0.450. The smallest absolute Gasteiger partial charge is 0.0900 e. The molecule has 1 unspecified atom stereocenters. The third-order valence-corrected chi connectivity index (χ3v) is 4.36. The normalized spacial score (nSPS) is 13.3. The molecule has 1 atom stereocenters. The maximum Gasteiger partial charge on any atom is 0.0900 e. The summed E-state index contributed by atoms with van der Waals surface area (Å²) in [4.78, 5) is 8.29. The molecule has 1 N–H and O–H groups in total. The van der Waals surface area contributed by atoms with E-state index in [1.54, 1.807) is 11.3 Å². The summed E-state index contributed by atoms with van der Waals surface area (Å²) in [5.41, 5.74) is 1.18. The lowest BCUT2D eigenvalue weighted by Gasteiger charge is -2.20. The maximum absolute atomic E-state index is 4.48. The van der Waals surface area contributed by atoms with Crippen molar-refractivity contribution in [3.05, 3.63) is 15.6 Å². The molecule has 0 amide bonds. The van der Waals surface area contributed by atoms with E-state index in [2.05, 4.69) is 49.8 Å². The topological polar surface area (TPSA) is 28.2 Å². The number of hydrogen-bond acceptors (Lipinski definition) is 4. The van der Waals surface area contributed by atoms with Crippen LogP contribution in [0.4, 0.5) is 0 Å². The van der Waals surface area contributed by atoms with Crippen LogP contribution in [0.3, 0.4) is 0 Å². The molecule has 17 heavy (non-hydrogen) atoms. The molecule has 3 nitrogen and oxygen atoms in total. The Bertz CT molecular complexity index is 331. The highest BCUT2D eigenvalue weighted by atomic mass is 32.1. The van der Waals surface area contributed by atoms with Crippen LogP contribution >= 0.6 is 11.3 Å². The molecule has 1 aromatic rings. The van der Waals surface area contributed by atoms with E-state index in [0.717, 1.165) is 31.2 Å². The summed E-state index contributed by atoms with van der Waals surface area (Å²) in [5, 5.41) is 4.74. The first-order chi connectivity index (χ1) is 8.08. The Labute approximate surface area is 109 Å². The molecular weight excluding hydrogens is 230 g/mol. The number of likely N-dealkylation sites (N-methyl/N-ethyl adjacent to an activating group) is 1. The van der Waals surface area contributed by atoms with E-state index in [0.29, 0.717) is 6.04 Å². The number of aryl methyl sites for hydroxylation is 2. The summed E-state index contributed by atoms with van der Waals surface area (Å²) in [5.74, 6) is 0. The van der Waals surface area contributed by atoms with Gasteiger partial charge in [-0.05, 0) is 33.9 Å². The van der Waals surface area contributed by atoms with Crippen molar-refractivity contribution in [2.75, 3.05) is 26.2 Å². The second-order valence-electron chi connectivity index (χ2n) is 4.39. The zero-order valence-corrected chi connectivity index (χ0v) is 12.5. The molecule has 0 aromatic carbocycles. The van der Waals surface area contributed by atoms with Gasteiger partial charge in [-0.1, -0.05) is 13.8 Å². The van der Waals surface area contributed by atoms with E-state index < -0.39 is 0 Å². The van der Waals surface area contributed by atoms with Crippen molar-refractivity contribution in [1.29, 1.82) is 0 Å². The summed E-state index contributed by atoms with van der Waals surface area (Å²) in [6, 6.07) is 0.414. The van der Waals surface area contributed by atoms with Crippen molar-refractivity contribution < 1.29 is 0 Å². The maximum atomic E-state index is 4.48. The number of thiazole rings is 1. The fourth-order valence-electron chi connectivity index (χ4n) is 2.02. The van der Waals surface area contributed by atoms with Gasteiger partial charge in [-0.15, -0.1) is 11.3 Å². The largest absolute Gasteiger partial charge is 0.308 e. The zero-order valence-electron chi connectivity index (χ0n) is 11.7. The molecule has 1 rings (SSSR count). The number of aromatic nitrogens is 1. The van der Waals surface area contributed by atoms with Crippen molar-refractivity contribution in [3.8, 4) is 0 Å². The van der Waals surface area contributed by atoms with E-state index in [1.165, 1.54) is 10.6 Å². The Morgan fingerprint density at radius 3 is 2.41 bits per heavy atom.